The summed E-state index contributed by atoms with van der Waals surface area (Å²) < 4.78 is 9.36. The molecule has 0 amide bonds. The quantitative estimate of drug-likeness (QED) is 0.369. The van der Waals surface area contributed by atoms with E-state index in [1.54, 1.807) is 13.8 Å². The number of halogens is 1. The molecule has 2 N–H and O–H groups in total. The van der Waals surface area contributed by atoms with Gasteiger partial charge in [-0.3, -0.25) is 9.59 Å². The largest absolute Gasteiger partial charge is 0.492 e. The highest BCUT2D eigenvalue weighted by molar-refractivity contribution is 9.10. The first-order valence-corrected chi connectivity index (χ1v) is 7.73. The van der Waals surface area contributed by atoms with Crippen LogP contribution < -0.4 is 4.84 Å². The second-order valence-electron chi connectivity index (χ2n) is 5.14. The zero-order chi connectivity index (χ0) is 18.3. The van der Waals surface area contributed by atoms with Gasteiger partial charge < -0.3 is 24.5 Å². The Morgan fingerprint density at radius 3 is 2.08 bits per heavy atom. The van der Waals surface area contributed by atoms with Crippen molar-refractivity contribution in [2.45, 2.75) is 31.0 Å². The number of nitrogens with zero attached hydrogens (tertiary/aromatic N) is 1. The number of aromatic nitrogens is 1. The molecule has 0 bridgehead atoms. The molecule has 0 fully saturated rings. The average molecular weight is 408 g/mol. The van der Waals surface area contributed by atoms with Crippen LogP contribution >= 0.6 is 15.9 Å². The van der Waals surface area contributed by atoms with Crippen molar-refractivity contribution in [1.29, 1.82) is 0 Å². The fourth-order valence-corrected chi connectivity index (χ4v) is 1.50. The van der Waals surface area contributed by atoms with Gasteiger partial charge in [0.25, 0.3) is 0 Å². The fraction of sp³-hybridized carbons (Fsp3) is 0.500. The Morgan fingerprint density at radius 1 is 1.04 bits per heavy atom. The lowest BCUT2D eigenvalue weighted by molar-refractivity contribution is -0.155. The molecule has 0 saturated carbocycles. The molecule has 0 spiro atoms. The molecule has 24 heavy (non-hydrogen) atoms. The maximum absolute atomic E-state index is 11.5. The molecule has 1 aromatic heterocycles. The molecule has 0 saturated heterocycles. The molecular formula is C14H18BrNO8. The number of aromatic hydroxyl groups is 2. The number of hydrogen-bond donors (Lipinski definition) is 2. The zero-order valence-electron chi connectivity index (χ0n) is 13.2. The van der Waals surface area contributed by atoms with E-state index in [1.807, 2.05) is 0 Å². The molecule has 1 aromatic rings. The predicted octanol–water partition coefficient (Wildman–Crippen LogP) is 0.895. The molecule has 0 aliphatic heterocycles. The first-order valence-electron chi connectivity index (χ1n) is 6.94. The lowest BCUT2D eigenvalue weighted by Gasteiger charge is -2.14. The number of carbonyl (C=O) groups is 3. The number of alkyl halides is 1. The standard InChI is InChI=1S/C14H18BrNO8/c1-14(2,15)13(21)23-8-7-22-11(19)5-6-12(20)24-16-9(17)3-4-10(16)18/h3-4,17-18H,5-8H2,1-2H3. The number of esters is 2. The van der Waals surface area contributed by atoms with Crippen molar-refractivity contribution in [1.82, 2.24) is 4.73 Å². The minimum absolute atomic E-state index is 0.102. The highest BCUT2D eigenvalue weighted by Gasteiger charge is 2.25. The Morgan fingerprint density at radius 2 is 1.54 bits per heavy atom. The van der Waals surface area contributed by atoms with Gasteiger partial charge >= 0.3 is 17.9 Å². The van der Waals surface area contributed by atoms with E-state index >= 15 is 0 Å². The van der Waals surface area contributed by atoms with E-state index in [0.717, 1.165) is 12.1 Å². The lowest BCUT2D eigenvalue weighted by atomic mass is 10.2. The summed E-state index contributed by atoms with van der Waals surface area (Å²) in [5.41, 5.74) is 0. The highest BCUT2D eigenvalue weighted by Crippen LogP contribution is 2.19. The van der Waals surface area contributed by atoms with Crippen molar-refractivity contribution in [3.8, 4) is 11.8 Å². The molecule has 9 nitrogen and oxygen atoms in total. The van der Waals surface area contributed by atoms with Gasteiger partial charge in [-0.25, -0.2) is 4.79 Å². The molecule has 0 aromatic carbocycles. The fourth-order valence-electron chi connectivity index (χ4n) is 1.38. The van der Waals surface area contributed by atoms with Gasteiger partial charge in [-0.1, -0.05) is 15.9 Å². The molecule has 0 radical (unpaired) electrons. The summed E-state index contributed by atoms with van der Waals surface area (Å²) in [6.45, 7) is 3.00. The van der Waals surface area contributed by atoms with E-state index in [1.165, 1.54) is 0 Å². The van der Waals surface area contributed by atoms with Crippen molar-refractivity contribution in [2.24, 2.45) is 0 Å². The van der Waals surface area contributed by atoms with E-state index in [-0.39, 0.29) is 26.1 Å². The van der Waals surface area contributed by atoms with E-state index in [4.69, 9.17) is 9.47 Å². The van der Waals surface area contributed by atoms with Crippen LogP contribution in [0.15, 0.2) is 12.1 Å². The molecular weight excluding hydrogens is 390 g/mol. The van der Waals surface area contributed by atoms with Crippen LogP contribution in [0.2, 0.25) is 0 Å². The van der Waals surface area contributed by atoms with Crippen LogP contribution in [-0.2, 0) is 23.9 Å². The van der Waals surface area contributed by atoms with Gasteiger partial charge in [0.15, 0.2) is 0 Å². The van der Waals surface area contributed by atoms with Gasteiger partial charge in [-0.2, -0.15) is 0 Å². The SMILES string of the molecule is CC(C)(Br)C(=O)OCCOC(=O)CCC(=O)On1c(O)ccc1O. The maximum Gasteiger partial charge on any atom is 0.333 e. The van der Waals surface area contributed by atoms with Crippen molar-refractivity contribution in [3.05, 3.63) is 12.1 Å². The Balaban J connectivity index is 2.22. The molecule has 0 atom stereocenters. The summed E-state index contributed by atoms with van der Waals surface area (Å²) in [5, 5.41) is 18.6. The first-order chi connectivity index (χ1) is 11.1. The number of carbonyl (C=O) groups excluding carboxylic acids is 3. The van der Waals surface area contributed by atoms with Gasteiger partial charge in [0.1, 0.15) is 17.5 Å². The number of ether oxygens (including phenoxy) is 2. The first kappa shape index (κ1) is 19.8. The lowest BCUT2D eigenvalue weighted by Crippen LogP contribution is -2.28. The molecule has 1 rings (SSSR count). The van der Waals surface area contributed by atoms with E-state index in [2.05, 4.69) is 20.8 Å². The van der Waals surface area contributed by atoms with Crippen molar-refractivity contribution < 1.29 is 38.9 Å². The van der Waals surface area contributed by atoms with Gasteiger partial charge in [0.05, 0.1) is 12.8 Å². The number of hydrogen-bond acceptors (Lipinski definition) is 8. The third kappa shape index (κ3) is 6.49. The molecule has 1 heterocycles. The van der Waals surface area contributed by atoms with Crippen LogP contribution in [0.5, 0.6) is 11.8 Å². The Bertz CT molecular complexity index is 585. The molecule has 0 aliphatic rings. The highest BCUT2D eigenvalue weighted by atomic mass is 79.9. The van der Waals surface area contributed by atoms with Crippen LogP contribution in [-0.4, -0.2) is 50.4 Å². The molecule has 10 heteroatoms. The van der Waals surface area contributed by atoms with Gasteiger partial charge in [0, 0.05) is 12.1 Å². The third-order valence-corrected chi connectivity index (χ3v) is 2.91. The summed E-state index contributed by atoms with van der Waals surface area (Å²) in [6, 6.07) is 2.26. The van der Waals surface area contributed by atoms with Crippen LogP contribution in [0, 0.1) is 0 Å². The van der Waals surface area contributed by atoms with E-state index < -0.39 is 34.0 Å². The smallest absolute Gasteiger partial charge is 0.333 e. The minimum Gasteiger partial charge on any atom is -0.492 e. The summed E-state index contributed by atoms with van der Waals surface area (Å²) in [7, 11) is 0. The third-order valence-electron chi connectivity index (χ3n) is 2.59. The van der Waals surface area contributed by atoms with Crippen LogP contribution in [0.25, 0.3) is 0 Å². The maximum atomic E-state index is 11.5. The van der Waals surface area contributed by atoms with E-state index in [9.17, 15) is 24.6 Å². The predicted molar refractivity (Wildman–Crippen MR) is 83.5 cm³/mol. The zero-order valence-corrected chi connectivity index (χ0v) is 14.7. The van der Waals surface area contributed by atoms with Gasteiger partial charge in [-0.05, 0) is 13.8 Å². The Hall–Kier alpha value is -2.23. The van der Waals surface area contributed by atoms with Gasteiger partial charge in [0.2, 0.25) is 11.8 Å². The number of rotatable bonds is 8. The minimum atomic E-state index is -0.846. The van der Waals surface area contributed by atoms with Gasteiger partial charge in [-0.15, -0.1) is 4.73 Å². The van der Waals surface area contributed by atoms with E-state index in [0.29, 0.717) is 4.73 Å². The summed E-state index contributed by atoms with van der Waals surface area (Å²) in [5.74, 6) is -2.93. The van der Waals surface area contributed by atoms with Crippen LogP contribution in [0.1, 0.15) is 26.7 Å². The van der Waals surface area contributed by atoms with Crippen molar-refractivity contribution in [3.63, 3.8) is 0 Å². The summed E-state index contributed by atoms with van der Waals surface area (Å²) in [4.78, 5) is 39.0. The average Bonchev–Trinajstić information content (AvgIpc) is 2.80. The Labute approximate surface area is 146 Å². The molecule has 0 unspecified atom stereocenters. The van der Waals surface area contributed by atoms with Crippen molar-refractivity contribution in [2.75, 3.05) is 13.2 Å². The second-order valence-corrected chi connectivity index (χ2v) is 7.12. The summed E-state index contributed by atoms with van der Waals surface area (Å²) in [6.07, 6.45) is -0.580. The monoisotopic (exact) mass is 407 g/mol. The normalized spacial score (nSPS) is 11.0. The van der Waals surface area contributed by atoms with Crippen LogP contribution in [0.3, 0.4) is 0 Å². The van der Waals surface area contributed by atoms with Crippen molar-refractivity contribution >= 4 is 33.8 Å². The van der Waals surface area contributed by atoms with Crippen LogP contribution in [0.4, 0.5) is 0 Å². The topological polar surface area (TPSA) is 124 Å². The molecule has 0 aliphatic carbocycles. The second kappa shape index (κ2) is 8.57. The Kier molecular flexibility index (Phi) is 7.08. The molecule has 134 valence electrons. The summed E-state index contributed by atoms with van der Waals surface area (Å²) >= 11 is 3.13.